The molecule has 25 heavy (non-hydrogen) atoms. The summed E-state index contributed by atoms with van der Waals surface area (Å²) in [5.74, 6) is -0.238. The minimum absolute atomic E-state index is 0.0745. The third-order valence-electron chi connectivity index (χ3n) is 3.62. The highest BCUT2D eigenvalue weighted by atomic mass is 32.1. The van der Waals surface area contributed by atoms with Crippen molar-refractivity contribution in [3.05, 3.63) is 51.0 Å². The molecule has 0 fully saturated rings. The summed E-state index contributed by atoms with van der Waals surface area (Å²) in [5.41, 5.74) is 2.16. The lowest BCUT2D eigenvalue weighted by Crippen LogP contribution is -2.24. The molecule has 2 N–H and O–H groups in total. The molecule has 0 aliphatic carbocycles. The number of benzene rings is 1. The standard InChI is InChI=1S/C19H25N3O2S/c1-6-20-16(23)14-9-7-8-13(10-14)11-21-17(24)15-12(2)22-18(25-15)19(3,4)5/h7-10H,6,11H2,1-5H3,(H,20,23)(H,21,24). The van der Waals surface area contributed by atoms with Crippen molar-refractivity contribution in [2.75, 3.05) is 6.54 Å². The predicted molar refractivity (Wildman–Crippen MR) is 101 cm³/mol. The number of aryl methyl sites for hydroxylation is 1. The summed E-state index contributed by atoms with van der Waals surface area (Å²) < 4.78 is 0. The van der Waals surface area contributed by atoms with E-state index >= 15 is 0 Å². The van der Waals surface area contributed by atoms with Gasteiger partial charge in [0.1, 0.15) is 4.88 Å². The Morgan fingerprint density at radius 2 is 1.88 bits per heavy atom. The molecule has 0 spiro atoms. The van der Waals surface area contributed by atoms with Gasteiger partial charge < -0.3 is 10.6 Å². The van der Waals surface area contributed by atoms with Gasteiger partial charge in [0, 0.05) is 24.1 Å². The molecule has 0 saturated heterocycles. The summed E-state index contributed by atoms with van der Waals surface area (Å²) in [5, 5.41) is 6.64. The van der Waals surface area contributed by atoms with E-state index in [0.717, 1.165) is 16.3 Å². The summed E-state index contributed by atoms with van der Waals surface area (Å²) in [6.45, 7) is 10.9. The maximum atomic E-state index is 12.5. The molecular formula is C19H25N3O2S. The average Bonchev–Trinajstić information content (AvgIpc) is 2.95. The molecule has 2 aromatic rings. The molecule has 134 valence electrons. The van der Waals surface area contributed by atoms with Gasteiger partial charge in [-0.1, -0.05) is 32.9 Å². The fraction of sp³-hybridized carbons (Fsp3) is 0.421. The minimum Gasteiger partial charge on any atom is -0.352 e. The van der Waals surface area contributed by atoms with Gasteiger partial charge in [0.2, 0.25) is 0 Å². The first kappa shape index (κ1) is 19.1. The number of carbonyl (C=O) groups excluding carboxylic acids is 2. The Labute approximate surface area is 152 Å². The molecule has 0 unspecified atom stereocenters. The van der Waals surface area contributed by atoms with Gasteiger partial charge in [-0.2, -0.15) is 0 Å². The molecule has 0 aliphatic rings. The van der Waals surface area contributed by atoms with E-state index in [-0.39, 0.29) is 17.2 Å². The molecule has 1 aromatic heterocycles. The van der Waals surface area contributed by atoms with Crippen LogP contribution in [-0.4, -0.2) is 23.3 Å². The van der Waals surface area contributed by atoms with E-state index in [4.69, 9.17) is 0 Å². The number of amides is 2. The van der Waals surface area contributed by atoms with Crippen LogP contribution < -0.4 is 10.6 Å². The number of aromatic nitrogens is 1. The number of thiazole rings is 1. The van der Waals surface area contributed by atoms with E-state index < -0.39 is 0 Å². The lowest BCUT2D eigenvalue weighted by atomic mass is 9.98. The molecule has 0 atom stereocenters. The quantitative estimate of drug-likeness (QED) is 0.859. The highest BCUT2D eigenvalue weighted by Gasteiger charge is 2.22. The molecule has 2 amide bonds. The van der Waals surface area contributed by atoms with Crippen molar-refractivity contribution < 1.29 is 9.59 Å². The smallest absolute Gasteiger partial charge is 0.263 e. The Morgan fingerprint density at radius 3 is 2.48 bits per heavy atom. The summed E-state index contributed by atoms with van der Waals surface area (Å²) in [4.78, 5) is 29.5. The van der Waals surface area contributed by atoms with Crippen molar-refractivity contribution >= 4 is 23.2 Å². The molecule has 0 aliphatic heterocycles. The minimum atomic E-state index is -0.131. The van der Waals surface area contributed by atoms with E-state index in [9.17, 15) is 9.59 Å². The summed E-state index contributed by atoms with van der Waals surface area (Å²) in [7, 11) is 0. The Morgan fingerprint density at radius 1 is 1.16 bits per heavy atom. The SMILES string of the molecule is CCNC(=O)c1cccc(CNC(=O)c2sc(C(C)(C)C)nc2C)c1. The fourth-order valence-electron chi connectivity index (χ4n) is 2.28. The van der Waals surface area contributed by atoms with Gasteiger partial charge in [0.05, 0.1) is 10.7 Å². The van der Waals surface area contributed by atoms with Crippen molar-refractivity contribution in [2.24, 2.45) is 0 Å². The first-order valence-electron chi connectivity index (χ1n) is 8.35. The number of nitrogens with zero attached hydrogens (tertiary/aromatic N) is 1. The Bertz CT molecular complexity index is 775. The molecule has 0 radical (unpaired) electrons. The van der Waals surface area contributed by atoms with Crippen LogP contribution in [0.5, 0.6) is 0 Å². The van der Waals surface area contributed by atoms with Gasteiger partial charge in [-0.05, 0) is 31.5 Å². The van der Waals surface area contributed by atoms with E-state index in [2.05, 4.69) is 36.4 Å². The molecule has 1 aromatic carbocycles. The Hall–Kier alpha value is -2.21. The maximum absolute atomic E-state index is 12.5. The first-order chi connectivity index (χ1) is 11.7. The van der Waals surface area contributed by atoms with E-state index in [1.165, 1.54) is 11.3 Å². The van der Waals surface area contributed by atoms with Gasteiger partial charge in [-0.3, -0.25) is 9.59 Å². The van der Waals surface area contributed by atoms with Crippen LogP contribution in [0, 0.1) is 6.92 Å². The second kappa shape index (κ2) is 7.78. The normalized spacial score (nSPS) is 11.2. The largest absolute Gasteiger partial charge is 0.352 e. The molecule has 1 heterocycles. The van der Waals surface area contributed by atoms with E-state index in [1.807, 2.05) is 26.0 Å². The highest BCUT2D eigenvalue weighted by molar-refractivity contribution is 7.14. The number of nitrogens with one attached hydrogen (secondary N) is 2. The Balaban J connectivity index is 2.07. The van der Waals surface area contributed by atoms with Gasteiger partial charge in [0.15, 0.2) is 0 Å². The molecule has 0 bridgehead atoms. The van der Waals surface area contributed by atoms with Crippen LogP contribution in [0.15, 0.2) is 24.3 Å². The predicted octanol–water partition coefficient (Wildman–Crippen LogP) is 3.43. The van der Waals surface area contributed by atoms with Crippen molar-refractivity contribution in [3.8, 4) is 0 Å². The maximum Gasteiger partial charge on any atom is 0.263 e. The number of carbonyl (C=O) groups is 2. The lowest BCUT2D eigenvalue weighted by Gasteiger charge is -2.13. The van der Waals surface area contributed by atoms with Crippen molar-refractivity contribution in [1.82, 2.24) is 15.6 Å². The molecule has 5 nitrogen and oxygen atoms in total. The van der Waals surface area contributed by atoms with Crippen LogP contribution in [0.3, 0.4) is 0 Å². The van der Waals surface area contributed by atoms with Gasteiger partial charge in [-0.15, -0.1) is 11.3 Å². The summed E-state index contributed by atoms with van der Waals surface area (Å²) in [6, 6.07) is 7.27. The zero-order chi connectivity index (χ0) is 18.6. The van der Waals surface area contributed by atoms with Gasteiger partial charge >= 0.3 is 0 Å². The molecule has 0 saturated carbocycles. The lowest BCUT2D eigenvalue weighted by molar-refractivity contribution is 0.0949. The van der Waals surface area contributed by atoms with Gasteiger partial charge in [-0.25, -0.2) is 4.98 Å². The van der Waals surface area contributed by atoms with Gasteiger partial charge in [0.25, 0.3) is 11.8 Å². The second-order valence-corrected chi connectivity index (χ2v) is 7.93. The van der Waals surface area contributed by atoms with Crippen LogP contribution in [0.2, 0.25) is 0 Å². The van der Waals surface area contributed by atoms with Crippen LogP contribution in [-0.2, 0) is 12.0 Å². The second-order valence-electron chi connectivity index (χ2n) is 6.93. The monoisotopic (exact) mass is 359 g/mol. The van der Waals surface area contributed by atoms with Crippen LogP contribution >= 0.6 is 11.3 Å². The molecule has 6 heteroatoms. The fourth-order valence-corrected chi connectivity index (χ4v) is 3.32. The van der Waals surface area contributed by atoms with Crippen LogP contribution in [0.4, 0.5) is 0 Å². The zero-order valence-corrected chi connectivity index (χ0v) is 16.2. The first-order valence-corrected chi connectivity index (χ1v) is 9.17. The zero-order valence-electron chi connectivity index (χ0n) is 15.4. The van der Waals surface area contributed by atoms with E-state index in [1.54, 1.807) is 12.1 Å². The van der Waals surface area contributed by atoms with Crippen molar-refractivity contribution in [3.63, 3.8) is 0 Å². The van der Waals surface area contributed by atoms with Crippen molar-refractivity contribution in [1.29, 1.82) is 0 Å². The highest BCUT2D eigenvalue weighted by Crippen LogP contribution is 2.29. The van der Waals surface area contributed by atoms with Crippen LogP contribution in [0.1, 0.15) is 64.0 Å². The molecule has 2 rings (SSSR count). The number of hydrogen-bond acceptors (Lipinski definition) is 4. The van der Waals surface area contributed by atoms with Crippen molar-refractivity contribution in [2.45, 2.75) is 46.6 Å². The number of hydrogen-bond donors (Lipinski definition) is 2. The topological polar surface area (TPSA) is 71.1 Å². The molecular weight excluding hydrogens is 334 g/mol. The Kier molecular flexibility index (Phi) is 5.95. The third-order valence-corrected chi connectivity index (χ3v) is 5.21. The number of rotatable bonds is 5. The third kappa shape index (κ3) is 4.89. The summed E-state index contributed by atoms with van der Waals surface area (Å²) in [6.07, 6.45) is 0. The van der Waals surface area contributed by atoms with E-state index in [0.29, 0.717) is 23.5 Å². The van der Waals surface area contributed by atoms with Crippen LogP contribution in [0.25, 0.3) is 0 Å². The summed E-state index contributed by atoms with van der Waals surface area (Å²) >= 11 is 1.44. The average molecular weight is 359 g/mol.